The van der Waals surface area contributed by atoms with Gasteiger partial charge in [0.25, 0.3) is 11.6 Å². The maximum absolute atomic E-state index is 12.6. The number of aryl methyl sites for hydroxylation is 1. The van der Waals surface area contributed by atoms with Crippen LogP contribution >= 0.6 is 11.8 Å². The summed E-state index contributed by atoms with van der Waals surface area (Å²) >= 11 is 1.11. The Bertz CT molecular complexity index is 1010. The van der Waals surface area contributed by atoms with E-state index >= 15 is 0 Å². The van der Waals surface area contributed by atoms with Crippen molar-refractivity contribution in [3.8, 4) is 0 Å². The van der Waals surface area contributed by atoms with Gasteiger partial charge in [0.2, 0.25) is 0 Å². The molecule has 0 aliphatic carbocycles. The summed E-state index contributed by atoms with van der Waals surface area (Å²) in [6.45, 7) is 4.01. The third-order valence-electron chi connectivity index (χ3n) is 4.21. The molecule has 2 heterocycles. The summed E-state index contributed by atoms with van der Waals surface area (Å²) in [5, 5.41) is 26.7. The van der Waals surface area contributed by atoms with E-state index in [2.05, 4.69) is 20.6 Å². The van der Waals surface area contributed by atoms with Crippen LogP contribution in [0.2, 0.25) is 0 Å². The summed E-state index contributed by atoms with van der Waals surface area (Å²) in [5.41, 5.74) is 0.0157. The van der Waals surface area contributed by atoms with Gasteiger partial charge in [-0.3, -0.25) is 14.9 Å². The number of nitrogens with zero attached hydrogens (tertiary/aromatic N) is 6. The first kappa shape index (κ1) is 19.5. The van der Waals surface area contributed by atoms with Crippen molar-refractivity contribution < 1.29 is 9.72 Å². The molecule has 1 N–H and O–H groups in total. The fourth-order valence-electron chi connectivity index (χ4n) is 2.48. The van der Waals surface area contributed by atoms with Gasteiger partial charge in [-0.1, -0.05) is 6.92 Å². The van der Waals surface area contributed by atoms with Gasteiger partial charge in [0, 0.05) is 24.7 Å². The molecule has 0 fully saturated rings. The number of benzene rings is 1. The minimum Gasteiger partial charge on any atom is -0.311 e. The van der Waals surface area contributed by atoms with Gasteiger partial charge in [0.05, 0.1) is 22.1 Å². The lowest BCUT2D eigenvalue weighted by Gasteiger charge is -2.14. The number of nitrogens with one attached hydrogen (secondary N) is 1. The lowest BCUT2D eigenvalue weighted by Crippen LogP contribution is -2.17. The van der Waals surface area contributed by atoms with Gasteiger partial charge in [-0.2, -0.15) is 5.10 Å². The number of hydrogen-bond acceptors (Lipinski definition) is 7. The predicted octanol–water partition coefficient (Wildman–Crippen LogP) is 3.29. The molecule has 2 aromatic heterocycles. The van der Waals surface area contributed by atoms with Crippen molar-refractivity contribution in [3.05, 3.63) is 52.5 Å². The Labute approximate surface area is 165 Å². The molecular formula is C17H19N7O3S. The topological polar surface area (TPSA) is 121 Å². The molecule has 0 aliphatic heterocycles. The summed E-state index contributed by atoms with van der Waals surface area (Å²) in [5.74, 6) is 0.0999. The van der Waals surface area contributed by atoms with Gasteiger partial charge in [0.1, 0.15) is 12.1 Å². The number of hydrogen-bond donors (Lipinski definition) is 1. The van der Waals surface area contributed by atoms with Crippen molar-refractivity contribution in [3.63, 3.8) is 0 Å². The van der Waals surface area contributed by atoms with Gasteiger partial charge in [-0.15, -0.1) is 10.2 Å². The van der Waals surface area contributed by atoms with Gasteiger partial charge in [-0.25, -0.2) is 4.68 Å². The van der Waals surface area contributed by atoms with Crippen molar-refractivity contribution >= 4 is 29.2 Å². The quantitative estimate of drug-likeness (QED) is 0.476. The van der Waals surface area contributed by atoms with E-state index in [9.17, 15) is 14.9 Å². The van der Waals surface area contributed by atoms with E-state index in [1.54, 1.807) is 40.7 Å². The lowest BCUT2D eigenvalue weighted by atomic mass is 10.2. The summed E-state index contributed by atoms with van der Waals surface area (Å²) in [6, 6.07) is 6.16. The summed E-state index contributed by atoms with van der Waals surface area (Å²) in [7, 11) is 1.75. The zero-order valence-electron chi connectivity index (χ0n) is 15.6. The first-order chi connectivity index (χ1) is 13.4. The predicted molar refractivity (Wildman–Crippen MR) is 103 cm³/mol. The van der Waals surface area contributed by atoms with Crippen LogP contribution in [0.3, 0.4) is 0 Å². The number of rotatable bonds is 7. The zero-order chi connectivity index (χ0) is 20.3. The molecule has 28 heavy (non-hydrogen) atoms. The molecule has 1 atom stereocenters. The molecule has 3 aromatic rings. The Hall–Kier alpha value is -3.21. The van der Waals surface area contributed by atoms with Crippen LogP contribution in [0.1, 0.15) is 36.7 Å². The number of nitro benzene ring substituents is 1. The first-order valence-electron chi connectivity index (χ1n) is 8.55. The molecule has 0 aliphatic rings. The van der Waals surface area contributed by atoms with E-state index in [0.717, 1.165) is 18.2 Å². The van der Waals surface area contributed by atoms with Crippen LogP contribution in [-0.4, -0.2) is 35.4 Å². The third kappa shape index (κ3) is 4.03. The molecule has 1 aromatic carbocycles. The highest BCUT2D eigenvalue weighted by molar-refractivity contribution is 7.99. The second kappa shape index (κ2) is 8.21. The van der Waals surface area contributed by atoms with Gasteiger partial charge < -0.3 is 9.88 Å². The van der Waals surface area contributed by atoms with E-state index in [-0.39, 0.29) is 17.3 Å². The highest BCUT2D eigenvalue weighted by Gasteiger charge is 2.21. The summed E-state index contributed by atoms with van der Waals surface area (Å²) in [4.78, 5) is 24.0. The number of carbonyl (C=O) groups is 1. The fourth-order valence-corrected chi connectivity index (χ4v) is 3.33. The molecule has 1 unspecified atom stereocenters. The SMILES string of the molecule is CCC(C)n1nccc1NC(=O)c1ccc(Sc2nncn2C)c([N+](=O)[O-])c1. The van der Waals surface area contributed by atoms with Crippen LogP contribution in [0.25, 0.3) is 0 Å². The van der Waals surface area contributed by atoms with E-state index < -0.39 is 10.8 Å². The molecular weight excluding hydrogens is 382 g/mol. The monoisotopic (exact) mass is 401 g/mol. The van der Waals surface area contributed by atoms with Crippen LogP contribution in [0.4, 0.5) is 11.5 Å². The molecule has 0 spiro atoms. The molecule has 3 rings (SSSR count). The van der Waals surface area contributed by atoms with Crippen LogP contribution in [-0.2, 0) is 7.05 Å². The number of nitro groups is 1. The minimum absolute atomic E-state index is 0.116. The molecule has 146 valence electrons. The second-order valence-corrected chi connectivity index (χ2v) is 7.15. The number of aromatic nitrogens is 5. The van der Waals surface area contributed by atoms with E-state index in [1.165, 1.54) is 12.4 Å². The Morgan fingerprint density at radius 3 is 2.82 bits per heavy atom. The smallest absolute Gasteiger partial charge is 0.284 e. The first-order valence-corrected chi connectivity index (χ1v) is 9.37. The van der Waals surface area contributed by atoms with Gasteiger partial charge in [-0.05, 0) is 37.2 Å². The number of carbonyl (C=O) groups excluding carboxylic acids is 1. The fraction of sp³-hybridized carbons (Fsp3) is 0.294. The van der Waals surface area contributed by atoms with Crippen molar-refractivity contribution in [2.24, 2.45) is 7.05 Å². The van der Waals surface area contributed by atoms with Crippen LogP contribution in [0.5, 0.6) is 0 Å². The second-order valence-electron chi connectivity index (χ2n) is 6.14. The van der Waals surface area contributed by atoms with E-state index in [0.29, 0.717) is 15.9 Å². The third-order valence-corrected chi connectivity index (χ3v) is 5.33. The van der Waals surface area contributed by atoms with Crippen LogP contribution < -0.4 is 5.32 Å². The number of amides is 1. The van der Waals surface area contributed by atoms with E-state index in [4.69, 9.17) is 0 Å². The molecule has 1 amide bonds. The normalized spacial score (nSPS) is 12.0. The molecule has 0 radical (unpaired) electrons. The summed E-state index contributed by atoms with van der Waals surface area (Å²) < 4.78 is 3.37. The van der Waals surface area contributed by atoms with Crippen molar-refractivity contribution in [2.45, 2.75) is 36.4 Å². The molecule has 0 saturated heterocycles. The molecule has 10 nitrogen and oxygen atoms in total. The maximum atomic E-state index is 12.6. The Kier molecular flexibility index (Phi) is 5.73. The standard InChI is InChI=1S/C17H19N7O3S/c1-4-11(2)23-15(7-8-19-23)20-16(25)12-5-6-14(13(9-12)24(26)27)28-17-21-18-10-22(17)3/h5-11H,4H2,1-3H3,(H,20,25). The van der Waals surface area contributed by atoms with Gasteiger partial charge in [0.15, 0.2) is 5.16 Å². The molecule has 0 bridgehead atoms. The average molecular weight is 401 g/mol. The van der Waals surface area contributed by atoms with Crippen LogP contribution in [0.15, 0.2) is 46.8 Å². The Morgan fingerprint density at radius 1 is 1.39 bits per heavy atom. The van der Waals surface area contributed by atoms with Gasteiger partial charge >= 0.3 is 0 Å². The lowest BCUT2D eigenvalue weighted by molar-refractivity contribution is -0.387. The maximum Gasteiger partial charge on any atom is 0.284 e. The highest BCUT2D eigenvalue weighted by Crippen LogP contribution is 2.34. The summed E-state index contributed by atoms with van der Waals surface area (Å²) in [6.07, 6.45) is 3.96. The average Bonchev–Trinajstić information content (AvgIpc) is 3.30. The van der Waals surface area contributed by atoms with Crippen molar-refractivity contribution in [1.29, 1.82) is 0 Å². The zero-order valence-corrected chi connectivity index (χ0v) is 16.4. The van der Waals surface area contributed by atoms with E-state index in [1.807, 2.05) is 13.8 Å². The molecule has 11 heteroatoms. The Balaban J connectivity index is 1.85. The highest BCUT2D eigenvalue weighted by atomic mass is 32.2. The largest absolute Gasteiger partial charge is 0.311 e. The van der Waals surface area contributed by atoms with Crippen molar-refractivity contribution in [2.75, 3.05) is 5.32 Å². The minimum atomic E-state index is -0.515. The van der Waals surface area contributed by atoms with Crippen LogP contribution in [0, 0.1) is 10.1 Å². The molecule has 0 saturated carbocycles. The van der Waals surface area contributed by atoms with Crippen molar-refractivity contribution in [1.82, 2.24) is 24.5 Å². The Morgan fingerprint density at radius 2 is 2.18 bits per heavy atom. The number of anilines is 1.